The third kappa shape index (κ3) is 2.60. The predicted octanol–water partition coefficient (Wildman–Crippen LogP) is 4.30. The van der Waals surface area contributed by atoms with Crippen LogP contribution in [0.2, 0.25) is 0 Å². The van der Waals surface area contributed by atoms with E-state index in [0.717, 1.165) is 33.4 Å². The van der Waals surface area contributed by atoms with Crippen LogP contribution in [-0.4, -0.2) is 20.2 Å². The fraction of sp³-hybridized carbons (Fsp3) is 0.190. The minimum atomic E-state index is -0.219. The lowest BCUT2D eigenvalue weighted by molar-refractivity contribution is -0.135. The summed E-state index contributed by atoms with van der Waals surface area (Å²) >= 11 is 0. The molecule has 0 amide bonds. The average Bonchev–Trinajstić information content (AvgIpc) is 2.66. The van der Waals surface area contributed by atoms with Gasteiger partial charge in [-0.05, 0) is 23.8 Å². The minimum Gasteiger partial charge on any atom is -0.497 e. The van der Waals surface area contributed by atoms with E-state index in [2.05, 4.69) is 0 Å². The number of fused-ring (bicyclic) bond motifs is 3. The van der Waals surface area contributed by atoms with Crippen LogP contribution in [0, 0.1) is 0 Å². The van der Waals surface area contributed by atoms with Gasteiger partial charge in [-0.1, -0.05) is 36.4 Å². The first kappa shape index (κ1) is 15.5. The summed E-state index contributed by atoms with van der Waals surface area (Å²) in [4.78, 5) is 12.3. The minimum absolute atomic E-state index is 0.0299. The molecule has 25 heavy (non-hydrogen) atoms. The smallest absolute Gasteiger partial charge is 0.312 e. The number of carbonyl (C=O) groups excluding carboxylic acids is 1. The number of carbonyl (C=O) groups is 1. The van der Waals surface area contributed by atoms with Crippen molar-refractivity contribution in [1.29, 1.82) is 0 Å². The molecule has 4 rings (SSSR count). The van der Waals surface area contributed by atoms with Gasteiger partial charge in [0.1, 0.15) is 17.2 Å². The molecule has 0 saturated carbocycles. The summed E-state index contributed by atoms with van der Waals surface area (Å²) in [6.45, 7) is 0. The normalized spacial score (nSPS) is 16.2. The van der Waals surface area contributed by atoms with Crippen molar-refractivity contribution in [2.75, 3.05) is 14.2 Å². The second-order valence-electron chi connectivity index (χ2n) is 6.04. The standard InChI is InChI=1S/C21H18O4/c1-23-14-8-6-13(7-9-14)18-12-20(22)25-21-16-4-3-5-19(24-2)15(16)10-11-17(18)21/h3-11,18H,12H2,1-2H3. The Morgan fingerprint density at radius 3 is 2.44 bits per heavy atom. The van der Waals surface area contributed by atoms with Crippen LogP contribution in [0.15, 0.2) is 54.6 Å². The van der Waals surface area contributed by atoms with E-state index in [1.165, 1.54) is 0 Å². The SMILES string of the molecule is COc1ccc(C2CC(=O)Oc3c2ccc2c(OC)cccc32)cc1. The molecule has 1 aliphatic heterocycles. The Morgan fingerprint density at radius 2 is 1.72 bits per heavy atom. The zero-order chi connectivity index (χ0) is 17.4. The molecule has 3 aromatic carbocycles. The number of methoxy groups -OCH3 is 2. The maximum atomic E-state index is 12.3. The molecule has 0 bridgehead atoms. The predicted molar refractivity (Wildman–Crippen MR) is 95.6 cm³/mol. The average molecular weight is 334 g/mol. The van der Waals surface area contributed by atoms with Crippen LogP contribution < -0.4 is 14.2 Å². The van der Waals surface area contributed by atoms with Gasteiger partial charge in [0.2, 0.25) is 0 Å². The summed E-state index contributed by atoms with van der Waals surface area (Å²) in [5.74, 6) is 1.95. The Labute approximate surface area is 145 Å². The van der Waals surface area contributed by atoms with E-state index in [1.807, 2.05) is 54.6 Å². The van der Waals surface area contributed by atoms with E-state index >= 15 is 0 Å². The van der Waals surface area contributed by atoms with Crippen molar-refractivity contribution >= 4 is 16.7 Å². The number of esters is 1. The van der Waals surface area contributed by atoms with Gasteiger partial charge < -0.3 is 14.2 Å². The van der Waals surface area contributed by atoms with Crippen molar-refractivity contribution in [2.24, 2.45) is 0 Å². The van der Waals surface area contributed by atoms with Gasteiger partial charge >= 0.3 is 5.97 Å². The Hall–Kier alpha value is -3.01. The van der Waals surface area contributed by atoms with Crippen molar-refractivity contribution < 1.29 is 19.0 Å². The van der Waals surface area contributed by atoms with Crippen molar-refractivity contribution in [2.45, 2.75) is 12.3 Å². The number of hydrogen-bond acceptors (Lipinski definition) is 4. The third-order valence-electron chi connectivity index (χ3n) is 4.70. The number of benzene rings is 3. The molecule has 1 unspecified atom stereocenters. The van der Waals surface area contributed by atoms with E-state index in [0.29, 0.717) is 12.2 Å². The quantitative estimate of drug-likeness (QED) is 0.529. The first-order valence-corrected chi connectivity index (χ1v) is 8.15. The molecule has 3 aromatic rings. The highest BCUT2D eigenvalue weighted by Gasteiger charge is 2.30. The lowest BCUT2D eigenvalue weighted by Gasteiger charge is -2.26. The van der Waals surface area contributed by atoms with Gasteiger partial charge in [0, 0.05) is 22.3 Å². The Morgan fingerprint density at radius 1 is 0.920 bits per heavy atom. The van der Waals surface area contributed by atoms with Crippen molar-refractivity contribution in [3.8, 4) is 17.2 Å². The molecule has 4 heteroatoms. The zero-order valence-corrected chi connectivity index (χ0v) is 14.1. The van der Waals surface area contributed by atoms with Crippen LogP contribution in [0.25, 0.3) is 10.8 Å². The van der Waals surface area contributed by atoms with Crippen molar-refractivity contribution in [1.82, 2.24) is 0 Å². The summed E-state index contributed by atoms with van der Waals surface area (Å²) in [6, 6.07) is 17.7. The van der Waals surface area contributed by atoms with E-state index in [1.54, 1.807) is 14.2 Å². The van der Waals surface area contributed by atoms with Crippen LogP contribution in [0.4, 0.5) is 0 Å². The van der Waals surface area contributed by atoms with Gasteiger partial charge in [-0.2, -0.15) is 0 Å². The number of rotatable bonds is 3. The van der Waals surface area contributed by atoms with E-state index in [-0.39, 0.29) is 11.9 Å². The van der Waals surface area contributed by atoms with E-state index in [9.17, 15) is 4.79 Å². The first-order chi connectivity index (χ1) is 12.2. The van der Waals surface area contributed by atoms with Crippen molar-refractivity contribution in [3.63, 3.8) is 0 Å². The molecule has 1 atom stereocenters. The molecule has 0 spiro atoms. The highest BCUT2D eigenvalue weighted by atomic mass is 16.5. The molecule has 0 radical (unpaired) electrons. The third-order valence-corrected chi connectivity index (χ3v) is 4.70. The monoisotopic (exact) mass is 334 g/mol. The van der Waals surface area contributed by atoms with Crippen LogP contribution in [0.5, 0.6) is 17.2 Å². The molecule has 4 nitrogen and oxygen atoms in total. The van der Waals surface area contributed by atoms with Crippen LogP contribution in [0.1, 0.15) is 23.5 Å². The maximum Gasteiger partial charge on any atom is 0.312 e. The van der Waals surface area contributed by atoms with E-state index in [4.69, 9.17) is 14.2 Å². The molecule has 126 valence electrons. The Kier molecular flexibility index (Phi) is 3.80. The molecule has 1 aliphatic rings. The van der Waals surface area contributed by atoms with Gasteiger partial charge in [0.05, 0.1) is 20.6 Å². The summed E-state index contributed by atoms with van der Waals surface area (Å²) < 4.78 is 16.3. The maximum absolute atomic E-state index is 12.3. The highest BCUT2D eigenvalue weighted by molar-refractivity contribution is 5.97. The van der Waals surface area contributed by atoms with Crippen LogP contribution in [-0.2, 0) is 4.79 Å². The summed E-state index contributed by atoms with van der Waals surface area (Å²) in [5, 5.41) is 1.83. The Balaban J connectivity index is 1.88. The highest BCUT2D eigenvalue weighted by Crippen LogP contribution is 2.44. The molecule has 1 heterocycles. The number of ether oxygens (including phenoxy) is 3. The van der Waals surface area contributed by atoms with Gasteiger partial charge in [-0.3, -0.25) is 4.79 Å². The molecule has 0 N–H and O–H groups in total. The summed E-state index contributed by atoms with van der Waals surface area (Å²) in [5.41, 5.74) is 2.09. The lowest BCUT2D eigenvalue weighted by Crippen LogP contribution is -2.21. The second-order valence-corrected chi connectivity index (χ2v) is 6.04. The molecule has 0 aliphatic carbocycles. The fourth-order valence-electron chi connectivity index (χ4n) is 3.45. The topological polar surface area (TPSA) is 44.8 Å². The molecular weight excluding hydrogens is 316 g/mol. The number of hydrogen-bond donors (Lipinski definition) is 0. The van der Waals surface area contributed by atoms with Gasteiger partial charge in [0.15, 0.2) is 0 Å². The lowest BCUT2D eigenvalue weighted by atomic mass is 9.85. The largest absolute Gasteiger partial charge is 0.497 e. The van der Waals surface area contributed by atoms with Crippen LogP contribution in [0.3, 0.4) is 0 Å². The second kappa shape index (κ2) is 6.13. The molecule has 0 fully saturated rings. The van der Waals surface area contributed by atoms with Gasteiger partial charge in [0.25, 0.3) is 0 Å². The van der Waals surface area contributed by atoms with Gasteiger partial charge in [-0.25, -0.2) is 0 Å². The fourth-order valence-corrected chi connectivity index (χ4v) is 3.45. The van der Waals surface area contributed by atoms with Crippen LogP contribution >= 0.6 is 0 Å². The Bertz CT molecular complexity index is 944. The zero-order valence-electron chi connectivity index (χ0n) is 14.1. The summed E-state index contributed by atoms with van der Waals surface area (Å²) in [7, 11) is 3.28. The summed E-state index contributed by atoms with van der Waals surface area (Å²) in [6.07, 6.45) is 0.328. The molecule has 0 saturated heterocycles. The van der Waals surface area contributed by atoms with Gasteiger partial charge in [-0.15, -0.1) is 0 Å². The molecule has 0 aromatic heterocycles. The van der Waals surface area contributed by atoms with E-state index < -0.39 is 0 Å². The first-order valence-electron chi connectivity index (χ1n) is 8.15. The van der Waals surface area contributed by atoms with Crippen molar-refractivity contribution in [3.05, 3.63) is 65.7 Å². The molecular formula is C21H18O4.